The first-order chi connectivity index (χ1) is 12.0. The number of hydrogen-bond donors (Lipinski definition) is 0. The maximum Gasteiger partial charge on any atom is 0.298 e. The SMILES string of the molecule is CCOc1ccccc1CN(C)Cn1nc(C)c2c(C)onc2c1=O. The molecule has 0 aliphatic carbocycles. The van der Waals surface area contributed by atoms with Crippen molar-refractivity contribution >= 4 is 10.9 Å². The van der Waals surface area contributed by atoms with Crippen LogP contribution in [0.4, 0.5) is 0 Å². The van der Waals surface area contributed by atoms with Gasteiger partial charge in [0.2, 0.25) is 0 Å². The molecule has 0 spiro atoms. The molecule has 2 aromatic heterocycles. The Hall–Kier alpha value is -2.67. The van der Waals surface area contributed by atoms with Gasteiger partial charge in [-0.3, -0.25) is 9.69 Å². The van der Waals surface area contributed by atoms with E-state index in [1.165, 1.54) is 4.68 Å². The predicted molar refractivity (Wildman–Crippen MR) is 94.6 cm³/mol. The molecule has 0 amide bonds. The quantitative estimate of drug-likeness (QED) is 0.685. The Balaban J connectivity index is 1.84. The van der Waals surface area contributed by atoms with Crippen molar-refractivity contribution in [3.8, 4) is 5.75 Å². The van der Waals surface area contributed by atoms with Crippen molar-refractivity contribution in [1.82, 2.24) is 19.8 Å². The zero-order valence-corrected chi connectivity index (χ0v) is 14.9. The molecule has 0 saturated heterocycles. The van der Waals surface area contributed by atoms with Gasteiger partial charge in [0.25, 0.3) is 5.56 Å². The van der Waals surface area contributed by atoms with Crippen LogP contribution < -0.4 is 10.3 Å². The zero-order chi connectivity index (χ0) is 18.0. The Morgan fingerprint density at radius 1 is 1.28 bits per heavy atom. The number of aromatic nitrogens is 3. The summed E-state index contributed by atoms with van der Waals surface area (Å²) in [6.45, 7) is 7.20. The fraction of sp³-hybridized carbons (Fsp3) is 0.389. The number of aryl methyl sites for hydroxylation is 2. The Kier molecular flexibility index (Phi) is 4.85. The summed E-state index contributed by atoms with van der Waals surface area (Å²) in [5, 5.41) is 8.99. The van der Waals surface area contributed by atoms with Crippen molar-refractivity contribution in [1.29, 1.82) is 0 Å². The van der Waals surface area contributed by atoms with Gasteiger partial charge in [0.1, 0.15) is 11.5 Å². The lowest BCUT2D eigenvalue weighted by Gasteiger charge is -2.19. The summed E-state index contributed by atoms with van der Waals surface area (Å²) in [4.78, 5) is 14.6. The van der Waals surface area contributed by atoms with Gasteiger partial charge in [0, 0.05) is 12.1 Å². The van der Waals surface area contributed by atoms with E-state index in [0.29, 0.717) is 36.5 Å². The summed E-state index contributed by atoms with van der Waals surface area (Å²) < 4.78 is 12.2. The lowest BCUT2D eigenvalue weighted by molar-refractivity contribution is 0.234. The minimum Gasteiger partial charge on any atom is -0.494 e. The van der Waals surface area contributed by atoms with Crippen LogP contribution in [-0.2, 0) is 13.2 Å². The van der Waals surface area contributed by atoms with E-state index in [9.17, 15) is 4.79 Å². The number of rotatable bonds is 6. The van der Waals surface area contributed by atoms with Gasteiger partial charge in [-0.25, -0.2) is 4.68 Å². The fourth-order valence-corrected chi connectivity index (χ4v) is 2.94. The predicted octanol–water partition coefficient (Wildman–Crippen LogP) is 2.49. The number of para-hydroxylation sites is 1. The Labute approximate surface area is 145 Å². The monoisotopic (exact) mass is 342 g/mol. The highest BCUT2D eigenvalue weighted by Crippen LogP contribution is 2.20. The first-order valence-corrected chi connectivity index (χ1v) is 8.24. The molecular weight excluding hydrogens is 320 g/mol. The summed E-state index contributed by atoms with van der Waals surface area (Å²) >= 11 is 0. The summed E-state index contributed by atoms with van der Waals surface area (Å²) in [6, 6.07) is 7.90. The molecule has 3 aromatic rings. The number of nitrogens with zero attached hydrogens (tertiary/aromatic N) is 4. The smallest absolute Gasteiger partial charge is 0.298 e. The Morgan fingerprint density at radius 3 is 2.80 bits per heavy atom. The molecule has 3 rings (SSSR count). The topological polar surface area (TPSA) is 73.4 Å². The standard InChI is InChI=1S/C18H22N4O3/c1-5-24-15-9-7-6-8-14(15)10-21(4)11-22-18(23)17-16(12(2)19-22)13(3)25-20-17/h6-9H,5,10-11H2,1-4H3. The van der Waals surface area contributed by atoms with Gasteiger partial charge in [0.05, 0.1) is 24.4 Å². The maximum absolute atomic E-state index is 12.6. The highest BCUT2D eigenvalue weighted by Gasteiger charge is 2.16. The molecule has 0 aliphatic heterocycles. The van der Waals surface area contributed by atoms with E-state index in [1.54, 1.807) is 6.92 Å². The van der Waals surface area contributed by atoms with Gasteiger partial charge < -0.3 is 9.26 Å². The number of fused-ring (bicyclic) bond motifs is 1. The molecule has 132 valence electrons. The minimum absolute atomic E-state index is 0.248. The fourth-order valence-electron chi connectivity index (χ4n) is 2.94. The molecule has 0 unspecified atom stereocenters. The number of ether oxygens (including phenoxy) is 1. The highest BCUT2D eigenvalue weighted by molar-refractivity contribution is 5.81. The summed E-state index contributed by atoms with van der Waals surface area (Å²) in [5.41, 5.74) is 1.88. The van der Waals surface area contributed by atoms with Crippen LogP contribution >= 0.6 is 0 Å². The molecule has 0 fully saturated rings. The number of benzene rings is 1. The van der Waals surface area contributed by atoms with Gasteiger partial charge >= 0.3 is 0 Å². The summed E-state index contributed by atoms with van der Waals surface area (Å²) in [7, 11) is 1.93. The van der Waals surface area contributed by atoms with E-state index in [0.717, 1.165) is 17.0 Å². The van der Waals surface area contributed by atoms with Crippen LogP contribution in [0.5, 0.6) is 5.75 Å². The average Bonchev–Trinajstić information content (AvgIpc) is 2.97. The second-order valence-electron chi connectivity index (χ2n) is 6.05. The molecule has 0 atom stereocenters. The van der Waals surface area contributed by atoms with Crippen molar-refractivity contribution in [2.45, 2.75) is 34.0 Å². The average molecular weight is 342 g/mol. The van der Waals surface area contributed by atoms with E-state index in [4.69, 9.17) is 9.26 Å². The lowest BCUT2D eigenvalue weighted by atomic mass is 10.2. The van der Waals surface area contributed by atoms with E-state index >= 15 is 0 Å². The Bertz CT molecular complexity index is 945. The molecule has 1 aromatic carbocycles. The molecular formula is C18H22N4O3. The van der Waals surface area contributed by atoms with Gasteiger partial charge in [-0.15, -0.1) is 0 Å². The third-order valence-electron chi connectivity index (χ3n) is 4.02. The molecule has 25 heavy (non-hydrogen) atoms. The number of hydrogen-bond acceptors (Lipinski definition) is 6. The van der Waals surface area contributed by atoms with Crippen LogP contribution in [0.1, 0.15) is 23.9 Å². The van der Waals surface area contributed by atoms with Crippen LogP contribution in [0.2, 0.25) is 0 Å². The van der Waals surface area contributed by atoms with E-state index in [1.807, 2.05) is 50.1 Å². The zero-order valence-electron chi connectivity index (χ0n) is 14.9. The van der Waals surface area contributed by atoms with Crippen molar-refractivity contribution < 1.29 is 9.26 Å². The first-order valence-electron chi connectivity index (χ1n) is 8.24. The van der Waals surface area contributed by atoms with Gasteiger partial charge in [-0.2, -0.15) is 5.10 Å². The first kappa shape index (κ1) is 17.2. The van der Waals surface area contributed by atoms with E-state index in [2.05, 4.69) is 10.3 Å². The molecule has 0 saturated carbocycles. The molecule has 0 aliphatic rings. The molecule has 7 nitrogen and oxygen atoms in total. The largest absolute Gasteiger partial charge is 0.494 e. The molecule has 7 heteroatoms. The third kappa shape index (κ3) is 3.41. The van der Waals surface area contributed by atoms with Crippen LogP contribution in [0.15, 0.2) is 33.6 Å². The normalized spacial score (nSPS) is 11.4. The van der Waals surface area contributed by atoms with Crippen LogP contribution in [-0.4, -0.2) is 33.5 Å². The summed E-state index contributed by atoms with van der Waals surface area (Å²) in [6.07, 6.45) is 0. The van der Waals surface area contributed by atoms with Crippen molar-refractivity contribution in [3.63, 3.8) is 0 Å². The highest BCUT2D eigenvalue weighted by atomic mass is 16.5. The minimum atomic E-state index is -0.248. The van der Waals surface area contributed by atoms with Gasteiger partial charge in [-0.05, 0) is 33.9 Å². The van der Waals surface area contributed by atoms with Crippen molar-refractivity contribution in [2.24, 2.45) is 0 Å². The third-order valence-corrected chi connectivity index (χ3v) is 4.02. The molecule has 2 heterocycles. The van der Waals surface area contributed by atoms with Crippen LogP contribution in [0.3, 0.4) is 0 Å². The van der Waals surface area contributed by atoms with E-state index in [-0.39, 0.29) is 5.56 Å². The Morgan fingerprint density at radius 2 is 2.04 bits per heavy atom. The molecule has 0 N–H and O–H groups in total. The van der Waals surface area contributed by atoms with Crippen LogP contribution in [0.25, 0.3) is 10.9 Å². The van der Waals surface area contributed by atoms with Gasteiger partial charge in [-0.1, -0.05) is 23.4 Å². The molecule has 0 radical (unpaired) electrons. The molecule has 0 bridgehead atoms. The maximum atomic E-state index is 12.6. The van der Waals surface area contributed by atoms with Crippen molar-refractivity contribution in [2.75, 3.05) is 13.7 Å². The summed E-state index contributed by atoms with van der Waals surface area (Å²) in [5.74, 6) is 1.47. The second kappa shape index (κ2) is 7.06. The van der Waals surface area contributed by atoms with Gasteiger partial charge in [0.15, 0.2) is 5.52 Å². The lowest BCUT2D eigenvalue weighted by Crippen LogP contribution is -2.32. The second-order valence-corrected chi connectivity index (χ2v) is 6.05. The van der Waals surface area contributed by atoms with Crippen LogP contribution in [0, 0.1) is 13.8 Å². The van der Waals surface area contributed by atoms with E-state index < -0.39 is 0 Å². The van der Waals surface area contributed by atoms with Crippen molar-refractivity contribution in [3.05, 3.63) is 51.6 Å².